The van der Waals surface area contributed by atoms with E-state index in [2.05, 4.69) is 51.8 Å². The molecule has 1 fully saturated rings. The zero-order valence-electron chi connectivity index (χ0n) is 13.5. The van der Waals surface area contributed by atoms with Crippen molar-refractivity contribution in [2.24, 2.45) is 5.41 Å². The van der Waals surface area contributed by atoms with Gasteiger partial charge in [0.05, 0.1) is 0 Å². The van der Waals surface area contributed by atoms with Gasteiger partial charge in [0.15, 0.2) is 0 Å². The first-order valence-corrected chi connectivity index (χ1v) is 7.77. The largest absolute Gasteiger partial charge is 0.311 e. The second-order valence-electron chi connectivity index (χ2n) is 7.47. The van der Waals surface area contributed by atoms with Gasteiger partial charge in [-0.25, -0.2) is 0 Å². The standard InChI is InChI=1S/C16H34N2/c1-7-18(14(2)3)13-16(10-8-9-11-16)12-17-15(4,5)6/h14,17H,7-13H2,1-6H3. The number of nitrogens with zero attached hydrogens (tertiary/aromatic N) is 1. The lowest BCUT2D eigenvalue weighted by molar-refractivity contribution is 0.120. The number of hydrogen-bond donors (Lipinski definition) is 1. The van der Waals surface area contributed by atoms with E-state index in [1.54, 1.807) is 0 Å². The molecular weight excluding hydrogens is 220 g/mol. The summed E-state index contributed by atoms with van der Waals surface area (Å²) in [5.74, 6) is 0. The fourth-order valence-electron chi connectivity index (χ4n) is 3.06. The average Bonchev–Trinajstić information content (AvgIpc) is 2.71. The van der Waals surface area contributed by atoms with Crippen LogP contribution in [0.1, 0.15) is 67.2 Å². The molecule has 0 radical (unpaired) electrons. The SMILES string of the molecule is CCN(CC1(CNC(C)(C)C)CCCC1)C(C)C. The summed E-state index contributed by atoms with van der Waals surface area (Å²) in [6, 6.07) is 0.669. The van der Waals surface area contributed by atoms with Gasteiger partial charge < -0.3 is 10.2 Å². The third-order valence-electron chi connectivity index (χ3n) is 4.33. The Morgan fingerprint density at radius 2 is 1.72 bits per heavy atom. The molecule has 1 saturated carbocycles. The predicted octanol–water partition coefficient (Wildman–Crippen LogP) is 3.67. The first-order chi connectivity index (χ1) is 8.28. The molecule has 108 valence electrons. The zero-order chi connectivity index (χ0) is 13.8. The van der Waals surface area contributed by atoms with Crippen LogP contribution in [0.15, 0.2) is 0 Å². The van der Waals surface area contributed by atoms with Crippen LogP contribution in [0.3, 0.4) is 0 Å². The highest BCUT2D eigenvalue weighted by Gasteiger charge is 2.36. The van der Waals surface area contributed by atoms with Crippen LogP contribution in [-0.2, 0) is 0 Å². The monoisotopic (exact) mass is 254 g/mol. The molecule has 18 heavy (non-hydrogen) atoms. The quantitative estimate of drug-likeness (QED) is 0.778. The highest BCUT2D eigenvalue weighted by molar-refractivity contribution is 4.91. The molecule has 1 aliphatic carbocycles. The number of hydrogen-bond acceptors (Lipinski definition) is 2. The third-order valence-corrected chi connectivity index (χ3v) is 4.33. The molecule has 0 bridgehead atoms. The summed E-state index contributed by atoms with van der Waals surface area (Å²) in [6.07, 6.45) is 5.64. The first kappa shape index (κ1) is 16.0. The van der Waals surface area contributed by atoms with E-state index in [1.165, 1.54) is 45.3 Å². The highest BCUT2D eigenvalue weighted by Crippen LogP contribution is 2.39. The van der Waals surface area contributed by atoms with Crippen LogP contribution in [0.4, 0.5) is 0 Å². The van der Waals surface area contributed by atoms with Gasteiger partial charge in [-0.05, 0) is 59.4 Å². The maximum absolute atomic E-state index is 3.75. The van der Waals surface area contributed by atoms with Gasteiger partial charge in [-0.2, -0.15) is 0 Å². The Hall–Kier alpha value is -0.0800. The molecule has 1 rings (SSSR count). The van der Waals surface area contributed by atoms with Crippen LogP contribution in [0.2, 0.25) is 0 Å². The molecule has 0 aliphatic heterocycles. The molecule has 1 N–H and O–H groups in total. The maximum atomic E-state index is 3.75. The van der Waals surface area contributed by atoms with Crippen LogP contribution >= 0.6 is 0 Å². The van der Waals surface area contributed by atoms with Crippen LogP contribution < -0.4 is 5.32 Å². The molecule has 0 spiro atoms. The number of rotatable bonds is 6. The summed E-state index contributed by atoms with van der Waals surface area (Å²) in [5, 5.41) is 3.75. The van der Waals surface area contributed by atoms with E-state index in [0.29, 0.717) is 11.5 Å². The Labute approximate surface area is 115 Å². The zero-order valence-corrected chi connectivity index (χ0v) is 13.5. The summed E-state index contributed by atoms with van der Waals surface area (Å²) in [6.45, 7) is 17.4. The van der Waals surface area contributed by atoms with E-state index in [4.69, 9.17) is 0 Å². The smallest absolute Gasteiger partial charge is 0.00967 e. The van der Waals surface area contributed by atoms with Gasteiger partial charge >= 0.3 is 0 Å². The summed E-state index contributed by atoms with van der Waals surface area (Å²) in [7, 11) is 0. The van der Waals surface area contributed by atoms with E-state index >= 15 is 0 Å². The van der Waals surface area contributed by atoms with Crippen molar-refractivity contribution in [3.8, 4) is 0 Å². The lowest BCUT2D eigenvalue weighted by Crippen LogP contribution is -2.49. The van der Waals surface area contributed by atoms with E-state index in [1.807, 2.05) is 0 Å². The molecule has 0 aromatic heterocycles. The molecule has 0 unspecified atom stereocenters. The minimum absolute atomic E-state index is 0.241. The van der Waals surface area contributed by atoms with E-state index in [9.17, 15) is 0 Å². The molecule has 0 aromatic rings. The van der Waals surface area contributed by atoms with Crippen molar-refractivity contribution < 1.29 is 0 Å². The van der Waals surface area contributed by atoms with Crippen LogP contribution in [0.25, 0.3) is 0 Å². The molecule has 2 heteroatoms. The van der Waals surface area contributed by atoms with Gasteiger partial charge in [-0.3, -0.25) is 0 Å². The minimum Gasteiger partial charge on any atom is -0.311 e. The summed E-state index contributed by atoms with van der Waals surface area (Å²) in [5.41, 5.74) is 0.762. The van der Waals surface area contributed by atoms with Crippen molar-refractivity contribution in [2.45, 2.75) is 78.8 Å². The lowest BCUT2D eigenvalue weighted by atomic mass is 9.84. The van der Waals surface area contributed by atoms with Crippen molar-refractivity contribution in [2.75, 3.05) is 19.6 Å². The molecular formula is C16H34N2. The number of nitrogens with one attached hydrogen (secondary N) is 1. The fraction of sp³-hybridized carbons (Fsp3) is 1.00. The first-order valence-electron chi connectivity index (χ1n) is 7.77. The molecule has 0 atom stereocenters. The second-order valence-corrected chi connectivity index (χ2v) is 7.47. The van der Waals surface area contributed by atoms with E-state index in [-0.39, 0.29) is 5.54 Å². The van der Waals surface area contributed by atoms with Gasteiger partial charge in [-0.1, -0.05) is 19.8 Å². The second kappa shape index (κ2) is 6.38. The van der Waals surface area contributed by atoms with Gasteiger partial charge in [0.1, 0.15) is 0 Å². The highest BCUT2D eigenvalue weighted by atomic mass is 15.2. The molecule has 0 heterocycles. The predicted molar refractivity (Wildman–Crippen MR) is 81.0 cm³/mol. The molecule has 0 saturated heterocycles. The van der Waals surface area contributed by atoms with Crippen LogP contribution in [0, 0.1) is 5.41 Å². The van der Waals surface area contributed by atoms with Gasteiger partial charge in [0.25, 0.3) is 0 Å². The summed E-state index contributed by atoms with van der Waals surface area (Å²) >= 11 is 0. The van der Waals surface area contributed by atoms with Crippen molar-refractivity contribution in [1.82, 2.24) is 10.2 Å². The minimum atomic E-state index is 0.241. The van der Waals surface area contributed by atoms with Crippen LogP contribution in [0.5, 0.6) is 0 Å². The van der Waals surface area contributed by atoms with Crippen LogP contribution in [-0.4, -0.2) is 36.1 Å². The Kier molecular flexibility index (Phi) is 5.67. The average molecular weight is 254 g/mol. The molecule has 0 aromatic carbocycles. The van der Waals surface area contributed by atoms with Crippen molar-refractivity contribution >= 4 is 0 Å². The van der Waals surface area contributed by atoms with E-state index < -0.39 is 0 Å². The van der Waals surface area contributed by atoms with Crippen molar-refractivity contribution in [3.05, 3.63) is 0 Å². The van der Waals surface area contributed by atoms with Crippen molar-refractivity contribution in [1.29, 1.82) is 0 Å². The van der Waals surface area contributed by atoms with E-state index in [0.717, 1.165) is 0 Å². The molecule has 2 nitrogen and oxygen atoms in total. The maximum Gasteiger partial charge on any atom is 0.00967 e. The molecule has 1 aliphatic rings. The third kappa shape index (κ3) is 4.89. The Bertz CT molecular complexity index is 234. The Morgan fingerprint density at radius 1 is 1.17 bits per heavy atom. The summed E-state index contributed by atoms with van der Waals surface area (Å²) in [4.78, 5) is 2.63. The fourth-order valence-corrected chi connectivity index (χ4v) is 3.06. The summed E-state index contributed by atoms with van der Waals surface area (Å²) < 4.78 is 0. The lowest BCUT2D eigenvalue weighted by Gasteiger charge is -2.39. The van der Waals surface area contributed by atoms with Gasteiger partial charge in [0, 0.05) is 24.7 Å². The van der Waals surface area contributed by atoms with Crippen molar-refractivity contribution in [3.63, 3.8) is 0 Å². The van der Waals surface area contributed by atoms with Gasteiger partial charge in [0.2, 0.25) is 0 Å². The Balaban J connectivity index is 2.62. The molecule has 0 amide bonds. The topological polar surface area (TPSA) is 15.3 Å². The van der Waals surface area contributed by atoms with Gasteiger partial charge in [-0.15, -0.1) is 0 Å². The Morgan fingerprint density at radius 3 is 2.11 bits per heavy atom. The normalized spacial score (nSPS) is 20.0.